The van der Waals surface area contributed by atoms with Crippen LogP contribution >= 0.6 is 23.1 Å². The molecule has 25 heavy (non-hydrogen) atoms. The summed E-state index contributed by atoms with van der Waals surface area (Å²) >= 11 is 2.87. The number of carbonyl (C=O) groups excluding carboxylic acids is 1. The van der Waals surface area contributed by atoms with Crippen LogP contribution in [0.5, 0.6) is 0 Å². The SMILES string of the molecule is O=C(CSc1nc2ccccc2s1)NN=Cc1cccc([N+](=O)[O-])c1. The summed E-state index contributed by atoms with van der Waals surface area (Å²) in [7, 11) is 0. The van der Waals surface area contributed by atoms with Gasteiger partial charge in [-0.2, -0.15) is 5.10 Å². The van der Waals surface area contributed by atoms with Gasteiger partial charge in [-0.1, -0.05) is 36.0 Å². The highest BCUT2D eigenvalue weighted by Gasteiger charge is 2.07. The number of para-hydroxylation sites is 1. The number of hydrogen-bond acceptors (Lipinski definition) is 7. The van der Waals surface area contributed by atoms with Crippen molar-refractivity contribution in [3.05, 3.63) is 64.2 Å². The molecule has 0 radical (unpaired) electrons. The van der Waals surface area contributed by atoms with Crippen LogP contribution in [0.15, 0.2) is 58.0 Å². The smallest absolute Gasteiger partial charge is 0.270 e. The van der Waals surface area contributed by atoms with Crippen molar-refractivity contribution in [2.24, 2.45) is 5.10 Å². The molecule has 0 bridgehead atoms. The fourth-order valence-electron chi connectivity index (χ4n) is 1.97. The summed E-state index contributed by atoms with van der Waals surface area (Å²) in [5, 5.41) is 14.5. The van der Waals surface area contributed by atoms with E-state index in [2.05, 4.69) is 15.5 Å². The lowest BCUT2D eigenvalue weighted by molar-refractivity contribution is -0.384. The summed E-state index contributed by atoms with van der Waals surface area (Å²) in [4.78, 5) is 26.5. The number of non-ortho nitro benzene ring substituents is 1. The van der Waals surface area contributed by atoms with E-state index in [0.717, 1.165) is 14.6 Å². The third kappa shape index (κ3) is 4.61. The highest BCUT2D eigenvalue weighted by Crippen LogP contribution is 2.28. The number of nitro benzene ring substituents is 1. The molecule has 3 aromatic rings. The molecule has 0 fully saturated rings. The van der Waals surface area contributed by atoms with E-state index in [9.17, 15) is 14.9 Å². The van der Waals surface area contributed by atoms with E-state index in [-0.39, 0.29) is 17.3 Å². The molecule has 1 N–H and O–H groups in total. The number of benzene rings is 2. The van der Waals surface area contributed by atoms with Crippen molar-refractivity contribution in [1.82, 2.24) is 10.4 Å². The molecule has 0 aliphatic carbocycles. The van der Waals surface area contributed by atoms with E-state index in [1.165, 1.54) is 41.4 Å². The Labute approximate surface area is 150 Å². The Kier molecular flexibility index (Phi) is 5.36. The van der Waals surface area contributed by atoms with E-state index >= 15 is 0 Å². The van der Waals surface area contributed by atoms with Crippen molar-refractivity contribution in [2.75, 3.05) is 5.75 Å². The maximum Gasteiger partial charge on any atom is 0.270 e. The molecule has 2 aromatic carbocycles. The number of aromatic nitrogens is 1. The predicted molar refractivity (Wildman–Crippen MR) is 99.2 cm³/mol. The van der Waals surface area contributed by atoms with Gasteiger partial charge < -0.3 is 0 Å². The van der Waals surface area contributed by atoms with Gasteiger partial charge in [-0.15, -0.1) is 11.3 Å². The number of thioether (sulfide) groups is 1. The van der Waals surface area contributed by atoms with Crippen LogP contribution < -0.4 is 5.43 Å². The molecule has 0 saturated heterocycles. The van der Waals surface area contributed by atoms with Gasteiger partial charge in [-0.05, 0) is 12.1 Å². The van der Waals surface area contributed by atoms with E-state index < -0.39 is 4.92 Å². The average molecular weight is 372 g/mol. The number of amides is 1. The van der Waals surface area contributed by atoms with Crippen LogP contribution in [0.3, 0.4) is 0 Å². The van der Waals surface area contributed by atoms with E-state index in [1.807, 2.05) is 24.3 Å². The van der Waals surface area contributed by atoms with Gasteiger partial charge in [0.1, 0.15) is 0 Å². The van der Waals surface area contributed by atoms with Crippen molar-refractivity contribution in [3.8, 4) is 0 Å². The third-order valence-corrected chi connectivity index (χ3v) is 5.26. The average Bonchev–Trinajstić information content (AvgIpc) is 3.03. The number of nitrogens with zero attached hydrogens (tertiary/aromatic N) is 3. The Hall–Kier alpha value is -2.78. The fraction of sp³-hybridized carbons (Fsp3) is 0.0625. The second-order valence-corrected chi connectivity index (χ2v) is 7.13. The fourth-order valence-corrected chi connectivity index (χ4v) is 3.83. The Morgan fingerprint density at radius 2 is 2.16 bits per heavy atom. The number of hydrogen-bond donors (Lipinski definition) is 1. The van der Waals surface area contributed by atoms with Gasteiger partial charge >= 0.3 is 0 Å². The first kappa shape index (κ1) is 17.1. The van der Waals surface area contributed by atoms with Gasteiger partial charge in [-0.3, -0.25) is 14.9 Å². The monoisotopic (exact) mass is 372 g/mol. The molecule has 1 aromatic heterocycles. The van der Waals surface area contributed by atoms with Gasteiger partial charge in [0, 0.05) is 17.7 Å². The van der Waals surface area contributed by atoms with Crippen LogP contribution in [-0.2, 0) is 4.79 Å². The minimum atomic E-state index is -0.482. The van der Waals surface area contributed by atoms with Gasteiger partial charge in [0.2, 0.25) is 0 Å². The van der Waals surface area contributed by atoms with Gasteiger partial charge in [0.15, 0.2) is 4.34 Å². The molecule has 0 saturated carbocycles. The minimum absolute atomic E-state index is 0.0262. The zero-order chi connectivity index (χ0) is 17.6. The Morgan fingerprint density at radius 3 is 2.96 bits per heavy atom. The molecule has 0 aliphatic rings. The van der Waals surface area contributed by atoms with Crippen LogP contribution in [0.4, 0.5) is 5.69 Å². The molecule has 9 heteroatoms. The van der Waals surface area contributed by atoms with Crippen molar-refractivity contribution in [1.29, 1.82) is 0 Å². The molecular formula is C16H12N4O3S2. The molecule has 0 spiro atoms. The number of rotatable bonds is 6. The normalized spacial score (nSPS) is 11.0. The first-order valence-electron chi connectivity index (χ1n) is 7.16. The van der Waals surface area contributed by atoms with Crippen molar-refractivity contribution >= 4 is 51.1 Å². The van der Waals surface area contributed by atoms with Crippen molar-refractivity contribution in [3.63, 3.8) is 0 Å². The quantitative estimate of drug-likeness (QED) is 0.309. The van der Waals surface area contributed by atoms with Crippen LogP contribution in [0.25, 0.3) is 10.2 Å². The number of fused-ring (bicyclic) bond motifs is 1. The third-order valence-electron chi connectivity index (χ3n) is 3.08. The summed E-state index contributed by atoms with van der Waals surface area (Å²) in [6.45, 7) is 0. The topological polar surface area (TPSA) is 97.5 Å². The molecule has 7 nitrogen and oxygen atoms in total. The zero-order valence-electron chi connectivity index (χ0n) is 12.8. The molecule has 0 atom stereocenters. The standard InChI is InChI=1S/C16H12N4O3S2/c21-15(10-24-16-18-13-6-1-2-7-14(13)25-16)19-17-9-11-4-3-5-12(8-11)20(22)23/h1-9H,10H2,(H,19,21). The van der Waals surface area contributed by atoms with Crippen LogP contribution in [-0.4, -0.2) is 27.8 Å². The minimum Gasteiger partial charge on any atom is -0.272 e. The lowest BCUT2D eigenvalue weighted by atomic mass is 10.2. The Balaban J connectivity index is 1.52. The molecular weight excluding hydrogens is 360 g/mol. The van der Waals surface area contributed by atoms with Crippen molar-refractivity contribution in [2.45, 2.75) is 4.34 Å². The molecule has 0 unspecified atom stereocenters. The van der Waals surface area contributed by atoms with Crippen LogP contribution in [0, 0.1) is 10.1 Å². The molecule has 1 amide bonds. The summed E-state index contributed by atoms with van der Waals surface area (Å²) in [5.41, 5.74) is 3.83. The van der Waals surface area contributed by atoms with E-state index in [1.54, 1.807) is 12.1 Å². The predicted octanol–water partition coefficient (Wildman–Crippen LogP) is 3.45. The summed E-state index contributed by atoms with van der Waals surface area (Å²) < 4.78 is 1.90. The zero-order valence-corrected chi connectivity index (χ0v) is 14.4. The molecule has 126 valence electrons. The lowest BCUT2D eigenvalue weighted by Gasteiger charge is -1.98. The molecule has 1 heterocycles. The highest BCUT2D eigenvalue weighted by molar-refractivity contribution is 8.01. The number of nitro groups is 1. The first-order chi connectivity index (χ1) is 12.1. The number of carbonyl (C=O) groups is 1. The largest absolute Gasteiger partial charge is 0.272 e. The van der Waals surface area contributed by atoms with Crippen molar-refractivity contribution < 1.29 is 9.72 Å². The maximum atomic E-state index is 11.8. The van der Waals surface area contributed by atoms with Crippen LogP contribution in [0.1, 0.15) is 5.56 Å². The number of thiazole rings is 1. The second kappa shape index (κ2) is 7.86. The number of nitrogens with one attached hydrogen (secondary N) is 1. The van der Waals surface area contributed by atoms with E-state index in [0.29, 0.717) is 5.56 Å². The number of hydrazone groups is 1. The summed E-state index contributed by atoms with van der Waals surface area (Å²) in [6, 6.07) is 13.8. The Morgan fingerprint density at radius 1 is 1.32 bits per heavy atom. The van der Waals surface area contributed by atoms with Gasteiger partial charge in [0.05, 0.1) is 27.1 Å². The summed E-state index contributed by atoms with van der Waals surface area (Å²) in [6.07, 6.45) is 1.37. The lowest BCUT2D eigenvalue weighted by Crippen LogP contribution is -2.19. The second-order valence-electron chi connectivity index (χ2n) is 4.88. The Bertz CT molecular complexity index is 922. The molecule has 3 rings (SSSR count). The molecule has 0 aliphatic heterocycles. The maximum absolute atomic E-state index is 11.8. The van der Waals surface area contributed by atoms with E-state index in [4.69, 9.17) is 0 Å². The highest BCUT2D eigenvalue weighted by atomic mass is 32.2. The van der Waals surface area contributed by atoms with Crippen LogP contribution in [0.2, 0.25) is 0 Å². The first-order valence-corrected chi connectivity index (χ1v) is 8.97. The van der Waals surface area contributed by atoms with Gasteiger partial charge in [-0.25, -0.2) is 10.4 Å². The summed E-state index contributed by atoms with van der Waals surface area (Å²) in [5.74, 6) is -0.0857. The van der Waals surface area contributed by atoms with Gasteiger partial charge in [0.25, 0.3) is 11.6 Å².